The molecular formula is C13H15BrClNO. The van der Waals surface area contributed by atoms with Crippen molar-refractivity contribution in [3.05, 3.63) is 34.9 Å². The summed E-state index contributed by atoms with van der Waals surface area (Å²) >= 11 is 9.38. The van der Waals surface area contributed by atoms with Crippen LogP contribution in [0.1, 0.15) is 18.4 Å². The molecule has 1 saturated heterocycles. The van der Waals surface area contributed by atoms with Crippen molar-refractivity contribution in [3.8, 4) is 0 Å². The Morgan fingerprint density at radius 3 is 3.06 bits per heavy atom. The molecule has 0 saturated carbocycles. The molecule has 0 radical (unpaired) electrons. The number of benzene rings is 1. The minimum Gasteiger partial charge on any atom is -0.339 e. The number of rotatable bonds is 3. The SMILES string of the molecule is O=C(Cc1cccc(Cl)c1)N1CCCC1CBr. The smallest absolute Gasteiger partial charge is 0.227 e. The fourth-order valence-corrected chi connectivity index (χ4v) is 3.13. The lowest BCUT2D eigenvalue weighted by Gasteiger charge is -2.23. The van der Waals surface area contributed by atoms with E-state index in [9.17, 15) is 4.79 Å². The third-order valence-electron chi connectivity index (χ3n) is 3.12. The van der Waals surface area contributed by atoms with E-state index >= 15 is 0 Å². The van der Waals surface area contributed by atoms with Crippen molar-refractivity contribution in [3.63, 3.8) is 0 Å². The van der Waals surface area contributed by atoms with Crippen LogP contribution in [-0.2, 0) is 11.2 Å². The van der Waals surface area contributed by atoms with Crippen LogP contribution in [-0.4, -0.2) is 28.7 Å². The first-order chi connectivity index (χ1) is 8.20. The third-order valence-corrected chi connectivity index (χ3v) is 4.10. The van der Waals surface area contributed by atoms with E-state index in [0.717, 1.165) is 30.3 Å². The van der Waals surface area contributed by atoms with Crippen molar-refractivity contribution in [2.24, 2.45) is 0 Å². The minimum atomic E-state index is 0.203. The lowest BCUT2D eigenvalue weighted by molar-refractivity contribution is -0.130. The lowest BCUT2D eigenvalue weighted by Crippen LogP contribution is -2.37. The van der Waals surface area contributed by atoms with Crippen molar-refractivity contribution in [2.75, 3.05) is 11.9 Å². The van der Waals surface area contributed by atoms with Crippen molar-refractivity contribution in [1.82, 2.24) is 4.90 Å². The number of alkyl halides is 1. The highest BCUT2D eigenvalue weighted by Gasteiger charge is 2.27. The summed E-state index contributed by atoms with van der Waals surface area (Å²) in [7, 11) is 0. The van der Waals surface area contributed by atoms with E-state index in [0.29, 0.717) is 17.5 Å². The first kappa shape index (κ1) is 12.9. The number of halogens is 2. The van der Waals surface area contributed by atoms with E-state index < -0.39 is 0 Å². The van der Waals surface area contributed by atoms with Gasteiger partial charge < -0.3 is 4.90 Å². The first-order valence-electron chi connectivity index (χ1n) is 5.80. The number of hydrogen-bond acceptors (Lipinski definition) is 1. The molecular weight excluding hydrogens is 302 g/mol. The number of nitrogens with zero attached hydrogens (tertiary/aromatic N) is 1. The van der Waals surface area contributed by atoms with Gasteiger partial charge in [0.25, 0.3) is 0 Å². The van der Waals surface area contributed by atoms with Crippen LogP contribution in [0.25, 0.3) is 0 Å². The summed E-state index contributed by atoms with van der Waals surface area (Å²) in [6.45, 7) is 0.885. The molecule has 1 aromatic carbocycles. The molecule has 1 amide bonds. The fraction of sp³-hybridized carbons (Fsp3) is 0.462. The lowest BCUT2D eigenvalue weighted by atomic mass is 10.1. The predicted molar refractivity (Wildman–Crippen MR) is 73.7 cm³/mol. The van der Waals surface area contributed by atoms with Crippen LogP contribution in [0.5, 0.6) is 0 Å². The largest absolute Gasteiger partial charge is 0.339 e. The highest BCUT2D eigenvalue weighted by atomic mass is 79.9. The zero-order valence-corrected chi connectivity index (χ0v) is 11.9. The molecule has 1 heterocycles. The molecule has 4 heteroatoms. The number of carbonyl (C=O) groups excluding carboxylic acids is 1. The summed E-state index contributed by atoms with van der Waals surface area (Å²) < 4.78 is 0. The van der Waals surface area contributed by atoms with E-state index in [1.807, 2.05) is 29.2 Å². The Morgan fingerprint density at radius 2 is 2.35 bits per heavy atom. The Kier molecular flexibility index (Phi) is 4.46. The molecule has 1 atom stereocenters. The molecule has 0 bridgehead atoms. The fourth-order valence-electron chi connectivity index (χ4n) is 2.25. The average molecular weight is 317 g/mol. The van der Waals surface area contributed by atoms with Gasteiger partial charge in [0, 0.05) is 22.9 Å². The van der Waals surface area contributed by atoms with E-state index in [4.69, 9.17) is 11.6 Å². The van der Waals surface area contributed by atoms with Crippen molar-refractivity contribution >= 4 is 33.4 Å². The van der Waals surface area contributed by atoms with Gasteiger partial charge in [-0.2, -0.15) is 0 Å². The molecule has 1 fully saturated rings. The van der Waals surface area contributed by atoms with Crippen LogP contribution in [0.3, 0.4) is 0 Å². The molecule has 92 valence electrons. The highest BCUT2D eigenvalue weighted by Crippen LogP contribution is 2.20. The number of hydrogen-bond donors (Lipinski definition) is 0. The molecule has 0 N–H and O–H groups in total. The highest BCUT2D eigenvalue weighted by molar-refractivity contribution is 9.09. The summed E-state index contributed by atoms with van der Waals surface area (Å²) in [5, 5.41) is 1.56. The molecule has 1 aromatic rings. The monoisotopic (exact) mass is 315 g/mol. The number of likely N-dealkylation sites (tertiary alicyclic amines) is 1. The van der Waals surface area contributed by atoms with Gasteiger partial charge in [-0.3, -0.25) is 4.79 Å². The zero-order chi connectivity index (χ0) is 12.3. The van der Waals surface area contributed by atoms with Gasteiger partial charge in [-0.15, -0.1) is 0 Å². The minimum absolute atomic E-state index is 0.203. The summed E-state index contributed by atoms with van der Waals surface area (Å²) in [4.78, 5) is 14.1. The van der Waals surface area contributed by atoms with E-state index in [-0.39, 0.29) is 5.91 Å². The van der Waals surface area contributed by atoms with Gasteiger partial charge in [0.1, 0.15) is 0 Å². The summed E-state index contributed by atoms with van der Waals surface area (Å²) in [5.74, 6) is 0.203. The van der Waals surface area contributed by atoms with Crippen LogP contribution in [0.4, 0.5) is 0 Å². The summed E-state index contributed by atoms with van der Waals surface area (Å²) in [5.41, 5.74) is 0.989. The zero-order valence-electron chi connectivity index (χ0n) is 9.53. The quantitative estimate of drug-likeness (QED) is 0.784. The maximum atomic E-state index is 12.2. The molecule has 0 aromatic heterocycles. The van der Waals surface area contributed by atoms with Gasteiger partial charge in [-0.05, 0) is 30.5 Å². The number of carbonyl (C=O) groups is 1. The number of amides is 1. The third kappa shape index (κ3) is 3.23. The Labute approximate surface area is 115 Å². The van der Waals surface area contributed by atoms with E-state index in [1.54, 1.807) is 0 Å². The Hall–Kier alpha value is -0.540. The van der Waals surface area contributed by atoms with Gasteiger partial charge in [-0.1, -0.05) is 39.7 Å². The first-order valence-corrected chi connectivity index (χ1v) is 7.30. The molecule has 1 aliphatic heterocycles. The predicted octanol–water partition coefficient (Wildman–Crippen LogP) is 3.27. The van der Waals surface area contributed by atoms with Crippen molar-refractivity contribution in [2.45, 2.75) is 25.3 Å². The van der Waals surface area contributed by atoms with Crippen LogP contribution in [0.15, 0.2) is 24.3 Å². The average Bonchev–Trinajstić information content (AvgIpc) is 2.77. The molecule has 2 rings (SSSR count). The Balaban J connectivity index is 2.01. The maximum absolute atomic E-state index is 12.2. The second kappa shape index (κ2) is 5.87. The van der Waals surface area contributed by atoms with Crippen LogP contribution in [0, 0.1) is 0 Å². The van der Waals surface area contributed by atoms with Gasteiger partial charge in [0.15, 0.2) is 0 Å². The standard InChI is InChI=1S/C13H15BrClNO/c14-9-12-5-2-6-16(12)13(17)8-10-3-1-4-11(15)7-10/h1,3-4,7,12H,2,5-6,8-9H2. The van der Waals surface area contributed by atoms with Gasteiger partial charge >= 0.3 is 0 Å². The van der Waals surface area contributed by atoms with Gasteiger partial charge in [0.05, 0.1) is 6.42 Å². The van der Waals surface area contributed by atoms with Crippen molar-refractivity contribution in [1.29, 1.82) is 0 Å². The maximum Gasteiger partial charge on any atom is 0.227 e. The molecule has 0 spiro atoms. The molecule has 1 aliphatic rings. The molecule has 17 heavy (non-hydrogen) atoms. The van der Waals surface area contributed by atoms with Gasteiger partial charge in [0.2, 0.25) is 5.91 Å². The van der Waals surface area contributed by atoms with E-state index in [1.165, 1.54) is 0 Å². The Morgan fingerprint density at radius 1 is 1.53 bits per heavy atom. The summed E-state index contributed by atoms with van der Waals surface area (Å²) in [6, 6.07) is 7.88. The second-order valence-corrected chi connectivity index (χ2v) is 5.43. The summed E-state index contributed by atoms with van der Waals surface area (Å²) in [6.07, 6.45) is 2.66. The van der Waals surface area contributed by atoms with Crippen LogP contribution >= 0.6 is 27.5 Å². The normalized spacial score (nSPS) is 19.6. The molecule has 0 aliphatic carbocycles. The van der Waals surface area contributed by atoms with Crippen molar-refractivity contribution < 1.29 is 4.79 Å². The Bertz CT molecular complexity index is 410. The topological polar surface area (TPSA) is 20.3 Å². The van der Waals surface area contributed by atoms with Gasteiger partial charge in [-0.25, -0.2) is 0 Å². The van der Waals surface area contributed by atoms with Crippen LogP contribution in [0.2, 0.25) is 5.02 Å². The molecule has 1 unspecified atom stereocenters. The van der Waals surface area contributed by atoms with E-state index in [2.05, 4.69) is 15.9 Å². The molecule has 2 nitrogen and oxygen atoms in total. The second-order valence-electron chi connectivity index (χ2n) is 4.34. The van der Waals surface area contributed by atoms with Crippen LogP contribution < -0.4 is 0 Å².